The van der Waals surface area contributed by atoms with Crippen molar-refractivity contribution in [1.82, 2.24) is 18.9 Å². The normalized spacial score (nSPS) is 18.3. The standard InChI is InChI=1S/C29H33F3N6O2/c30-21-1-4-26-27(15-21)38(23-2-3-24(31)25(32)16-23)29(40)37(26)22-8-13-36(14-9-22)28(39)20-6-11-35(12-7-20)18-19(17-34)5-10-33/h1-5,10,15-17,20,22H,6-9,11-14,18,33-34H2/b10-5-,19-17+. The molecule has 0 spiro atoms. The van der Waals surface area contributed by atoms with Crippen LogP contribution in [-0.4, -0.2) is 57.6 Å². The molecule has 0 atom stereocenters. The molecule has 0 unspecified atom stereocenters. The molecule has 5 rings (SSSR count). The number of piperidine rings is 2. The van der Waals surface area contributed by atoms with Gasteiger partial charge in [-0.15, -0.1) is 0 Å². The molecule has 4 N–H and O–H groups in total. The van der Waals surface area contributed by atoms with Gasteiger partial charge in [0.15, 0.2) is 11.6 Å². The van der Waals surface area contributed by atoms with Crippen LogP contribution in [0.25, 0.3) is 16.7 Å². The molecule has 0 radical (unpaired) electrons. The summed E-state index contributed by atoms with van der Waals surface area (Å²) in [5.41, 5.74) is 12.5. The summed E-state index contributed by atoms with van der Waals surface area (Å²) in [7, 11) is 0. The van der Waals surface area contributed by atoms with E-state index in [1.54, 1.807) is 16.8 Å². The molecule has 212 valence electrons. The average Bonchev–Trinajstić information content (AvgIpc) is 3.25. The quantitative estimate of drug-likeness (QED) is 0.455. The van der Waals surface area contributed by atoms with E-state index in [-0.39, 0.29) is 29.1 Å². The summed E-state index contributed by atoms with van der Waals surface area (Å²) in [6, 6.07) is 6.97. The van der Waals surface area contributed by atoms with Gasteiger partial charge in [0.1, 0.15) is 5.82 Å². The number of aromatic nitrogens is 2. The van der Waals surface area contributed by atoms with Crippen LogP contribution < -0.4 is 17.2 Å². The van der Waals surface area contributed by atoms with E-state index in [1.807, 2.05) is 4.90 Å². The number of amides is 1. The third-order valence-corrected chi connectivity index (χ3v) is 8.01. The van der Waals surface area contributed by atoms with Gasteiger partial charge in [-0.2, -0.15) is 0 Å². The summed E-state index contributed by atoms with van der Waals surface area (Å²) in [5, 5.41) is 0. The van der Waals surface area contributed by atoms with Crippen LogP contribution in [0.15, 0.2) is 65.2 Å². The summed E-state index contributed by atoms with van der Waals surface area (Å²) in [4.78, 5) is 31.1. The summed E-state index contributed by atoms with van der Waals surface area (Å²) >= 11 is 0. The highest BCUT2D eigenvalue weighted by Gasteiger charge is 2.32. The van der Waals surface area contributed by atoms with E-state index >= 15 is 0 Å². The zero-order valence-electron chi connectivity index (χ0n) is 22.1. The zero-order chi connectivity index (χ0) is 28.4. The van der Waals surface area contributed by atoms with Crippen molar-refractivity contribution < 1.29 is 18.0 Å². The lowest BCUT2D eigenvalue weighted by Gasteiger charge is -2.37. The number of hydrogen-bond donors (Lipinski definition) is 2. The van der Waals surface area contributed by atoms with Gasteiger partial charge in [0, 0.05) is 43.7 Å². The number of carbonyl (C=O) groups excluding carboxylic acids is 1. The Morgan fingerprint density at radius 3 is 2.27 bits per heavy atom. The van der Waals surface area contributed by atoms with Gasteiger partial charge in [-0.1, -0.05) is 0 Å². The molecule has 3 heterocycles. The van der Waals surface area contributed by atoms with E-state index in [0.717, 1.165) is 43.6 Å². The highest BCUT2D eigenvalue weighted by molar-refractivity contribution is 5.80. The molecular weight excluding hydrogens is 521 g/mol. The summed E-state index contributed by atoms with van der Waals surface area (Å²) in [6.07, 6.45) is 7.40. The van der Waals surface area contributed by atoms with E-state index in [1.165, 1.54) is 35.0 Å². The van der Waals surface area contributed by atoms with Crippen LogP contribution in [0.2, 0.25) is 0 Å². The van der Waals surface area contributed by atoms with Gasteiger partial charge < -0.3 is 16.4 Å². The molecule has 1 aromatic heterocycles. The van der Waals surface area contributed by atoms with E-state index < -0.39 is 23.1 Å². The molecule has 0 bridgehead atoms. The molecule has 2 fully saturated rings. The van der Waals surface area contributed by atoms with Crippen LogP contribution in [0.4, 0.5) is 13.2 Å². The second-order valence-corrected chi connectivity index (χ2v) is 10.4. The average molecular weight is 555 g/mol. The molecule has 2 aliphatic rings. The summed E-state index contributed by atoms with van der Waals surface area (Å²) in [5.74, 6) is -2.59. The van der Waals surface area contributed by atoms with Gasteiger partial charge in [0.05, 0.1) is 16.7 Å². The molecule has 40 heavy (non-hydrogen) atoms. The molecule has 0 saturated carbocycles. The third kappa shape index (κ3) is 5.38. The van der Waals surface area contributed by atoms with Gasteiger partial charge >= 0.3 is 5.69 Å². The van der Waals surface area contributed by atoms with Crippen molar-refractivity contribution in [3.63, 3.8) is 0 Å². The maximum Gasteiger partial charge on any atom is 0.333 e. The van der Waals surface area contributed by atoms with Crippen LogP contribution in [0.5, 0.6) is 0 Å². The van der Waals surface area contributed by atoms with Crippen molar-refractivity contribution in [2.75, 3.05) is 32.7 Å². The SMILES string of the molecule is N/C=C\C(=C/N)CN1CCC(C(=O)N2CCC(n3c(=O)n(-c4ccc(F)c(F)c4)c4cc(F)ccc43)CC2)CC1. The maximum atomic E-state index is 14.2. The van der Waals surface area contributed by atoms with Crippen molar-refractivity contribution >= 4 is 16.9 Å². The van der Waals surface area contributed by atoms with Gasteiger partial charge in [-0.3, -0.25) is 18.8 Å². The minimum atomic E-state index is -1.09. The fourth-order valence-electron chi connectivity index (χ4n) is 5.90. The van der Waals surface area contributed by atoms with E-state index in [9.17, 15) is 22.8 Å². The Labute approximate surface area is 229 Å². The van der Waals surface area contributed by atoms with Crippen molar-refractivity contribution in [3.8, 4) is 5.69 Å². The number of nitrogens with two attached hydrogens (primary N) is 2. The van der Waals surface area contributed by atoms with Crippen LogP contribution in [0.1, 0.15) is 31.7 Å². The smallest absolute Gasteiger partial charge is 0.333 e. The first-order valence-corrected chi connectivity index (χ1v) is 13.5. The van der Waals surface area contributed by atoms with Crippen molar-refractivity contribution in [2.24, 2.45) is 17.4 Å². The zero-order valence-corrected chi connectivity index (χ0v) is 22.1. The topological polar surface area (TPSA) is 103 Å². The Hall–Kier alpha value is -3.99. The fraction of sp³-hybridized carbons (Fsp3) is 0.379. The second kappa shape index (κ2) is 11.6. The van der Waals surface area contributed by atoms with E-state index in [4.69, 9.17) is 11.5 Å². The number of imidazole rings is 1. The fourth-order valence-corrected chi connectivity index (χ4v) is 5.90. The maximum absolute atomic E-state index is 14.2. The number of likely N-dealkylation sites (tertiary alicyclic amines) is 2. The monoisotopic (exact) mass is 554 g/mol. The molecule has 2 aliphatic heterocycles. The largest absolute Gasteiger partial charge is 0.405 e. The number of carbonyl (C=O) groups is 1. The number of benzene rings is 2. The van der Waals surface area contributed by atoms with Crippen LogP contribution in [0, 0.1) is 23.4 Å². The first-order valence-electron chi connectivity index (χ1n) is 13.5. The van der Waals surface area contributed by atoms with E-state index in [0.29, 0.717) is 38.0 Å². The predicted molar refractivity (Wildman–Crippen MR) is 147 cm³/mol. The lowest BCUT2D eigenvalue weighted by atomic mass is 9.93. The number of rotatable bonds is 6. The summed E-state index contributed by atoms with van der Waals surface area (Å²) in [6.45, 7) is 3.26. The number of hydrogen-bond acceptors (Lipinski definition) is 5. The van der Waals surface area contributed by atoms with Crippen molar-refractivity contribution in [2.45, 2.75) is 31.7 Å². The van der Waals surface area contributed by atoms with Gasteiger partial charge in [-0.25, -0.2) is 18.0 Å². The summed E-state index contributed by atoms with van der Waals surface area (Å²) < 4.78 is 44.6. The molecule has 1 amide bonds. The van der Waals surface area contributed by atoms with Crippen LogP contribution in [-0.2, 0) is 4.79 Å². The first-order chi connectivity index (χ1) is 19.3. The molecule has 0 aliphatic carbocycles. The predicted octanol–water partition coefficient (Wildman–Crippen LogP) is 3.40. The second-order valence-electron chi connectivity index (χ2n) is 10.4. The first kappa shape index (κ1) is 27.6. The van der Waals surface area contributed by atoms with Crippen LogP contribution >= 0.6 is 0 Å². The van der Waals surface area contributed by atoms with Crippen molar-refractivity contribution in [3.05, 3.63) is 88.4 Å². The molecule has 8 nitrogen and oxygen atoms in total. The van der Waals surface area contributed by atoms with Gasteiger partial charge in [-0.05, 0) is 87.1 Å². The Bertz CT molecular complexity index is 1510. The molecule has 3 aromatic rings. The number of fused-ring (bicyclic) bond motifs is 1. The molecule has 11 heteroatoms. The Morgan fingerprint density at radius 2 is 1.62 bits per heavy atom. The Kier molecular flexibility index (Phi) is 8.02. The number of nitrogens with zero attached hydrogens (tertiary/aromatic N) is 4. The Balaban J connectivity index is 1.29. The lowest BCUT2D eigenvalue weighted by molar-refractivity contribution is -0.138. The van der Waals surface area contributed by atoms with Crippen molar-refractivity contribution in [1.29, 1.82) is 0 Å². The Morgan fingerprint density at radius 1 is 0.900 bits per heavy atom. The van der Waals surface area contributed by atoms with Gasteiger partial charge in [0.2, 0.25) is 5.91 Å². The van der Waals surface area contributed by atoms with Gasteiger partial charge in [0.25, 0.3) is 0 Å². The minimum Gasteiger partial charge on any atom is -0.405 e. The highest BCUT2D eigenvalue weighted by Crippen LogP contribution is 2.30. The molecule has 2 saturated heterocycles. The highest BCUT2D eigenvalue weighted by atomic mass is 19.2. The molecule has 2 aromatic carbocycles. The third-order valence-electron chi connectivity index (χ3n) is 8.01. The van der Waals surface area contributed by atoms with Crippen LogP contribution in [0.3, 0.4) is 0 Å². The van der Waals surface area contributed by atoms with E-state index in [2.05, 4.69) is 4.90 Å². The minimum absolute atomic E-state index is 0.0517. The number of halogens is 3. The lowest BCUT2D eigenvalue weighted by Crippen LogP contribution is -2.46. The molecular formula is C29H33F3N6O2.